The molecule has 0 radical (unpaired) electrons. The maximum Gasteiger partial charge on any atom is 0.0868 e. The first-order valence-electron chi connectivity index (χ1n) is 7.06. The smallest absolute Gasteiger partial charge is 0.0868 e. The van der Waals surface area contributed by atoms with E-state index in [0.717, 1.165) is 31.2 Å². The molecule has 1 nitrogen and oxygen atoms in total. The largest absolute Gasteiger partial charge is 0.385 e. The van der Waals surface area contributed by atoms with Gasteiger partial charge in [0.15, 0.2) is 0 Å². The molecule has 1 unspecified atom stereocenters. The van der Waals surface area contributed by atoms with E-state index in [9.17, 15) is 5.11 Å². The van der Waals surface area contributed by atoms with Crippen molar-refractivity contribution in [1.82, 2.24) is 0 Å². The van der Waals surface area contributed by atoms with Gasteiger partial charge in [0, 0.05) is 0 Å². The molecule has 1 aromatic carbocycles. The molecule has 0 aliphatic carbocycles. The Labute approximate surface area is 112 Å². The van der Waals surface area contributed by atoms with Gasteiger partial charge in [0.1, 0.15) is 0 Å². The molecule has 0 fully saturated rings. The second-order valence-corrected chi connectivity index (χ2v) is 6.74. The molecule has 1 heteroatoms. The number of hydrogen-bond acceptors (Lipinski definition) is 1. The summed E-state index contributed by atoms with van der Waals surface area (Å²) in [5.41, 5.74) is 2.01. The molecule has 0 saturated heterocycles. The lowest BCUT2D eigenvalue weighted by Crippen LogP contribution is -2.21. The summed E-state index contributed by atoms with van der Waals surface area (Å²) in [5.74, 6) is 0. The third-order valence-electron chi connectivity index (χ3n) is 3.57. The number of aryl methyl sites for hydroxylation is 1. The monoisotopic (exact) mass is 248 g/mol. The zero-order chi connectivity index (χ0) is 13.8. The summed E-state index contributed by atoms with van der Waals surface area (Å²) in [6.07, 6.45) is 4.09. The van der Waals surface area contributed by atoms with Crippen LogP contribution in [0.15, 0.2) is 24.3 Å². The Balaban J connectivity index is 2.61. The van der Waals surface area contributed by atoms with E-state index in [4.69, 9.17) is 0 Å². The van der Waals surface area contributed by atoms with E-state index >= 15 is 0 Å². The molecular formula is C17H28O. The van der Waals surface area contributed by atoms with Crippen molar-refractivity contribution in [2.75, 3.05) is 0 Å². The van der Waals surface area contributed by atoms with Gasteiger partial charge >= 0.3 is 0 Å². The van der Waals surface area contributed by atoms with Crippen molar-refractivity contribution >= 4 is 0 Å². The van der Waals surface area contributed by atoms with Crippen LogP contribution >= 0.6 is 0 Å². The Morgan fingerprint density at radius 3 is 1.94 bits per heavy atom. The van der Waals surface area contributed by atoms with E-state index in [-0.39, 0.29) is 0 Å². The molecule has 0 aliphatic rings. The van der Waals surface area contributed by atoms with Gasteiger partial charge < -0.3 is 5.11 Å². The maximum absolute atomic E-state index is 10.5. The van der Waals surface area contributed by atoms with Crippen molar-refractivity contribution in [1.29, 1.82) is 0 Å². The van der Waals surface area contributed by atoms with Crippen LogP contribution in [0.25, 0.3) is 0 Å². The highest BCUT2D eigenvalue weighted by Gasteiger charge is 2.23. The number of rotatable bonds is 5. The van der Waals surface area contributed by atoms with Crippen LogP contribution in [-0.4, -0.2) is 5.11 Å². The van der Waals surface area contributed by atoms with Crippen LogP contribution in [-0.2, 0) is 12.0 Å². The minimum Gasteiger partial charge on any atom is -0.385 e. The van der Waals surface area contributed by atoms with Gasteiger partial charge in [-0.2, -0.15) is 0 Å². The minimum atomic E-state index is -0.697. The molecule has 0 amide bonds. The summed E-state index contributed by atoms with van der Waals surface area (Å²) < 4.78 is 0. The average molecular weight is 248 g/mol. The first-order valence-corrected chi connectivity index (χ1v) is 7.06. The normalized spacial score (nSPS) is 15.4. The Morgan fingerprint density at radius 1 is 0.944 bits per heavy atom. The second-order valence-electron chi connectivity index (χ2n) is 6.74. The van der Waals surface area contributed by atoms with Crippen molar-refractivity contribution in [3.8, 4) is 0 Å². The van der Waals surface area contributed by atoms with Gasteiger partial charge in [-0.15, -0.1) is 0 Å². The van der Waals surface area contributed by atoms with Gasteiger partial charge in [-0.05, 0) is 49.1 Å². The lowest BCUT2D eigenvalue weighted by molar-refractivity contribution is 0.0424. The van der Waals surface area contributed by atoms with Crippen LogP contribution < -0.4 is 0 Å². The molecule has 18 heavy (non-hydrogen) atoms. The van der Waals surface area contributed by atoms with Crippen molar-refractivity contribution in [2.24, 2.45) is 5.41 Å². The van der Waals surface area contributed by atoms with Crippen molar-refractivity contribution < 1.29 is 5.11 Å². The molecule has 1 aromatic rings. The lowest BCUT2D eigenvalue weighted by Gasteiger charge is -2.26. The molecule has 0 heterocycles. The highest BCUT2D eigenvalue weighted by Crippen LogP contribution is 2.30. The van der Waals surface area contributed by atoms with Gasteiger partial charge in [-0.25, -0.2) is 0 Å². The minimum absolute atomic E-state index is 0.349. The summed E-state index contributed by atoms with van der Waals surface area (Å²) in [6, 6.07) is 8.37. The van der Waals surface area contributed by atoms with Gasteiger partial charge in [-0.3, -0.25) is 0 Å². The van der Waals surface area contributed by atoms with Crippen LogP contribution in [0, 0.1) is 5.41 Å². The van der Waals surface area contributed by atoms with Gasteiger partial charge in [0.2, 0.25) is 0 Å². The van der Waals surface area contributed by atoms with Gasteiger partial charge in [0.25, 0.3) is 0 Å². The van der Waals surface area contributed by atoms with E-state index in [0.29, 0.717) is 5.41 Å². The Hall–Kier alpha value is -0.820. The van der Waals surface area contributed by atoms with E-state index in [1.165, 1.54) is 5.56 Å². The van der Waals surface area contributed by atoms with Crippen LogP contribution in [0.4, 0.5) is 0 Å². The number of hydrogen-bond donors (Lipinski definition) is 1. The highest BCUT2D eigenvalue weighted by atomic mass is 16.3. The molecule has 1 N–H and O–H groups in total. The zero-order valence-corrected chi connectivity index (χ0v) is 12.6. The average Bonchev–Trinajstić information content (AvgIpc) is 2.27. The Morgan fingerprint density at radius 2 is 1.50 bits per heavy atom. The second kappa shape index (κ2) is 5.88. The molecule has 1 rings (SSSR count). The van der Waals surface area contributed by atoms with Crippen molar-refractivity contribution in [2.45, 2.75) is 65.9 Å². The fourth-order valence-electron chi connectivity index (χ4n) is 2.21. The first-order chi connectivity index (χ1) is 8.24. The van der Waals surface area contributed by atoms with Gasteiger partial charge in [0.05, 0.1) is 5.60 Å². The predicted octanol–water partition coefficient (Wildman–Crippen LogP) is 4.67. The molecule has 0 saturated carbocycles. The summed E-state index contributed by atoms with van der Waals surface area (Å²) >= 11 is 0. The Kier molecular flexibility index (Phi) is 4.98. The SMILES string of the molecule is CCc1ccc(C(C)(O)CCCC(C)(C)C)cc1. The summed E-state index contributed by atoms with van der Waals surface area (Å²) in [7, 11) is 0. The third kappa shape index (κ3) is 4.81. The summed E-state index contributed by atoms with van der Waals surface area (Å²) in [5, 5.41) is 10.5. The number of benzene rings is 1. The predicted molar refractivity (Wildman–Crippen MR) is 78.7 cm³/mol. The fraction of sp³-hybridized carbons (Fsp3) is 0.647. The standard InChI is InChI=1S/C17H28O/c1-6-14-8-10-15(11-9-14)17(5,18)13-7-12-16(2,3)4/h8-11,18H,6-7,12-13H2,1-5H3. The van der Waals surface area contributed by atoms with Crippen LogP contribution in [0.3, 0.4) is 0 Å². The third-order valence-corrected chi connectivity index (χ3v) is 3.57. The van der Waals surface area contributed by atoms with E-state index in [1.807, 2.05) is 6.92 Å². The Bertz CT molecular complexity index is 354. The fourth-order valence-corrected chi connectivity index (χ4v) is 2.21. The van der Waals surface area contributed by atoms with E-state index < -0.39 is 5.60 Å². The topological polar surface area (TPSA) is 20.2 Å². The first kappa shape index (κ1) is 15.2. The molecule has 0 spiro atoms. The summed E-state index contributed by atoms with van der Waals surface area (Å²) in [4.78, 5) is 0. The molecule has 1 atom stereocenters. The lowest BCUT2D eigenvalue weighted by atomic mass is 9.84. The van der Waals surface area contributed by atoms with Crippen LogP contribution in [0.5, 0.6) is 0 Å². The van der Waals surface area contributed by atoms with Crippen LogP contribution in [0.2, 0.25) is 0 Å². The molecule has 0 bridgehead atoms. The van der Waals surface area contributed by atoms with Crippen molar-refractivity contribution in [3.05, 3.63) is 35.4 Å². The molecule has 0 aromatic heterocycles. The highest BCUT2D eigenvalue weighted by molar-refractivity contribution is 5.26. The zero-order valence-electron chi connectivity index (χ0n) is 12.6. The summed E-state index contributed by atoms with van der Waals surface area (Å²) in [6.45, 7) is 10.8. The molecular weight excluding hydrogens is 220 g/mol. The van der Waals surface area contributed by atoms with Crippen LogP contribution in [0.1, 0.15) is 65.0 Å². The number of aliphatic hydroxyl groups is 1. The van der Waals surface area contributed by atoms with E-state index in [1.54, 1.807) is 0 Å². The van der Waals surface area contributed by atoms with E-state index in [2.05, 4.69) is 52.0 Å². The van der Waals surface area contributed by atoms with Gasteiger partial charge in [-0.1, -0.05) is 52.0 Å². The van der Waals surface area contributed by atoms with Crippen molar-refractivity contribution in [3.63, 3.8) is 0 Å². The maximum atomic E-state index is 10.5. The molecule has 0 aliphatic heterocycles. The molecule has 102 valence electrons. The quantitative estimate of drug-likeness (QED) is 0.802.